The SMILES string of the molecule is [CH2]c1c(Cl)cc(Cl)c(Cl)c1Cl. The van der Waals surface area contributed by atoms with E-state index in [4.69, 9.17) is 46.4 Å². The standard InChI is InChI=1S/C7H3Cl4/c1-3-4(8)2-5(9)7(11)6(3)10/h2H,1H2. The highest BCUT2D eigenvalue weighted by Gasteiger charge is 2.09. The normalized spacial score (nSPS) is 10.3. The van der Waals surface area contributed by atoms with Gasteiger partial charge in [-0.1, -0.05) is 46.4 Å². The minimum Gasteiger partial charge on any atom is -0.0839 e. The Morgan fingerprint density at radius 1 is 0.909 bits per heavy atom. The van der Waals surface area contributed by atoms with Crippen LogP contribution >= 0.6 is 46.4 Å². The van der Waals surface area contributed by atoms with Gasteiger partial charge >= 0.3 is 0 Å². The van der Waals surface area contributed by atoms with E-state index in [1.165, 1.54) is 6.07 Å². The molecule has 0 heterocycles. The van der Waals surface area contributed by atoms with Gasteiger partial charge in [0.2, 0.25) is 0 Å². The van der Waals surface area contributed by atoms with Crippen LogP contribution in [0.1, 0.15) is 5.56 Å². The molecule has 0 saturated carbocycles. The molecule has 0 nitrogen and oxygen atoms in total. The van der Waals surface area contributed by atoms with Gasteiger partial charge in [0.1, 0.15) is 0 Å². The van der Waals surface area contributed by atoms with Crippen LogP contribution in [0, 0.1) is 6.92 Å². The van der Waals surface area contributed by atoms with Crippen LogP contribution in [0.15, 0.2) is 6.07 Å². The zero-order valence-electron chi connectivity index (χ0n) is 5.30. The molecule has 0 aliphatic carbocycles. The maximum atomic E-state index is 5.72. The number of benzene rings is 1. The first kappa shape index (κ1) is 9.47. The van der Waals surface area contributed by atoms with Gasteiger partial charge in [0.05, 0.1) is 15.1 Å². The molecular formula is C7H3Cl4. The van der Waals surface area contributed by atoms with Crippen molar-refractivity contribution in [1.82, 2.24) is 0 Å². The molecule has 0 aliphatic heterocycles. The van der Waals surface area contributed by atoms with E-state index in [9.17, 15) is 0 Å². The lowest BCUT2D eigenvalue weighted by molar-refractivity contribution is 1.61. The number of hydrogen-bond acceptors (Lipinski definition) is 0. The van der Waals surface area contributed by atoms with Crippen LogP contribution < -0.4 is 0 Å². The van der Waals surface area contributed by atoms with Gasteiger partial charge < -0.3 is 0 Å². The summed E-state index contributed by atoms with van der Waals surface area (Å²) in [5, 5.41) is 1.37. The fourth-order valence-electron chi connectivity index (χ4n) is 0.604. The molecule has 0 aliphatic rings. The molecule has 0 N–H and O–H groups in total. The summed E-state index contributed by atoms with van der Waals surface area (Å²) in [6, 6.07) is 1.51. The molecule has 0 saturated heterocycles. The van der Waals surface area contributed by atoms with E-state index in [1.807, 2.05) is 0 Å². The van der Waals surface area contributed by atoms with Crippen molar-refractivity contribution in [2.24, 2.45) is 0 Å². The molecule has 0 unspecified atom stereocenters. The largest absolute Gasteiger partial charge is 0.0839 e. The van der Waals surface area contributed by atoms with E-state index in [1.54, 1.807) is 0 Å². The monoisotopic (exact) mass is 227 g/mol. The maximum Gasteiger partial charge on any atom is 0.0782 e. The van der Waals surface area contributed by atoms with Gasteiger partial charge in [0, 0.05) is 5.02 Å². The molecule has 1 radical (unpaired) electrons. The minimum absolute atomic E-state index is 0.294. The Labute approximate surface area is 85.0 Å². The average Bonchev–Trinajstić information content (AvgIpc) is 1.97. The van der Waals surface area contributed by atoms with Gasteiger partial charge in [-0.25, -0.2) is 0 Å². The Balaban J connectivity index is 3.46. The molecule has 1 aromatic carbocycles. The molecule has 0 fully saturated rings. The topological polar surface area (TPSA) is 0 Å². The van der Waals surface area contributed by atoms with Gasteiger partial charge in [-0.3, -0.25) is 0 Å². The second-order valence-corrected chi connectivity index (χ2v) is 3.52. The zero-order valence-corrected chi connectivity index (χ0v) is 8.32. The van der Waals surface area contributed by atoms with Crippen LogP contribution in [-0.2, 0) is 0 Å². The van der Waals surface area contributed by atoms with Crippen LogP contribution in [0.4, 0.5) is 0 Å². The Hall–Kier alpha value is 0.380. The molecule has 0 spiro atoms. The minimum atomic E-state index is 0.294. The average molecular weight is 229 g/mol. The van der Waals surface area contributed by atoms with Crippen LogP contribution in [0.5, 0.6) is 0 Å². The van der Waals surface area contributed by atoms with Crippen LogP contribution in [0.3, 0.4) is 0 Å². The summed E-state index contributed by atoms with van der Waals surface area (Å²) < 4.78 is 0. The van der Waals surface area contributed by atoms with Crippen LogP contribution in [0.2, 0.25) is 20.1 Å². The Bertz CT molecular complexity index is 267. The van der Waals surface area contributed by atoms with E-state index in [-0.39, 0.29) is 0 Å². The van der Waals surface area contributed by atoms with Crippen LogP contribution in [0.25, 0.3) is 0 Å². The third-order valence-electron chi connectivity index (χ3n) is 1.21. The first-order chi connectivity index (χ1) is 5.04. The third-order valence-corrected chi connectivity index (χ3v) is 2.85. The summed E-state index contributed by atoms with van der Waals surface area (Å²) in [6.07, 6.45) is 0. The van der Waals surface area contributed by atoms with Gasteiger partial charge in [-0.2, -0.15) is 0 Å². The van der Waals surface area contributed by atoms with Crippen molar-refractivity contribution in [3.05, 3.63) is 38.6 Å². The van der Waals surface area contributed by atoms with Crippen molar-refractivity contribution in [3.63, 3.8) is 0 Å². The summed E-state index contributed by atoms with van der Waals surface area (Å²) in [4.78, 5) is 0. The molecule has 1 rings (SSSR count). The van der Waals surface area contributed by atoms with E-state index in [2.05, 4.69) is 6.92 Å². The van der Waals surface area contributed by atoms with E-state index < -0.39 is 0 Å². The Kier molecular flexibility index (Phi) is 2.93. The predicted molar refractivity (Wildman–Crippen MR) is 50.9 cm³/mol. The highest BCUT2D eigenvalue weighted by atomic mass is 35.5. The van der Waals surface area contributed by atoms with E-state index in [0.717, 1.165) is 0 Å². The highest BCUT2D eigenvalue weighted by Crippen LogP contribution is 2.36. The Morgan fingerprint density at radius 3 is 2.00 bits per heavy atom. The van der Waals surface area contributed by atoms with Gasteiger partial charge in [-0.05, 0) is 18.6 Å². The van der Waals surface area contributed by atoms with Gasteiger partial charge in [-0.15, -0.1) is 0 Å². The van der Waals surface area contributed by atoms with E-state index >= 15 is 0 Å². The summed E-state index contributed by atoms with van der Waals surface area (Å²) in [5.74, 6) is 0. The molecule has 0 amide bonds. The molecule has 0 atom stereocenters. The number of hydrogen-bond donors (Lipinski definition) is 0. The van der Waals surface area contributed by atoms with Crippen molar-refractivity contribution in [2.45, 2.75) is 0 Å². The number of rotatable bonds is 0. The van der Waals surface area contributed by atoms with Gasteiger partial charge in [0.15, 0.2) is 0 Å². The first-order valence-electron chi connectivity index (χ1n) is 2.69. The van der Waals surface area contributed by atoms with Gasteiger partial charge in [0.25, 0.3) is 0 Å². The molecule has 1 aromatic rings. The fraction of sp³-hybridized carbons (Fsp3) is 0. The summed E-state index contributed by atoms with van der Waals surface area (Å²) >= 11 is 22.8. The lowest BCUT2D eigenvalue weighted by atomic mass is 10.2. The lowest BCUT2D eigenvalue weighted by Crippen LogP contribution is -1.80. The molecule has 0 bridgehead atoms. The highest BCUT2D eigenvalue weighted by molar-refractivity contribution is 6.49. The van der Waals surface area contributed by atoms with Crippen molar-refractivity contribution < 1.29 is 0 Å². The molecular weight excluding hydrogens is 226 g/mol. The van der Waals surface area contributed by atoms with Crippen molar-refractivity contribution >= 4 is 46.4 Å². The fourth-order valence-corrected chi connectivity index (χ4v) is 1.54. The summed E-state index contributed by atoms with van der Waals surface area (Å²) in [6.45, 7) is 3.61. The van der Waals surface area contributed by atoms with Crippen molar-refractivity contribution in [2.75, 3.05) is 0 Å². The predicted octanol–water partition coefficient (Wildman–Crippen LogP) is 4.48. The first-order valence-corrected chi connectivity index (χ1v) is 4.20. The second kappa shape index (κ2) is 3.40. The van der Waals surface area contributed by atoms with Crippen molar-refractivity contribution in [1.29, 1.82) is 0 Å². The maximum absolute atomic E-state index is 5.72. The lowest BCUT2D eigenvalue weighted by Gasteiger charge is -2.03. The zero-order chi connectivity index (χ0) is 8.59. The van der Waals surface area contributed by atoms with Crippen LogP contribution in [-0.4, -0.2) is 0 Å². The van der Waals surface area contributed by atoms with Crippen molar-refractivity contribution in [3.8, 4) is 0 Å². The molecule has 59 valence electrons. The molecule has 11 heavy (non-hydrogen) atoms. The quantitative estimate of drug-likeness (QED) is 0.454. The molecule has 4 heteroatoms. The summed E-state index contributed by atoms with van der Waals surface area (Å²) in [5.41, 5.74) is 0.503. The third kappa shape index (κ3) is 1.75. The molecule has 0 aromatic heterocycles. The smallest absolute Gasteiger partial charge is 0.0782 e. The second-order valence-electron chi connectivity index (χ2n) is 1.95. The number of halogens is 4. The van der Waals surface area contributed by atoms with E-state index in [0.29, 0.717) is 25.7 Å². The Morgan fingerprint density at radius 2 is 1.45 bits per heavy atom. The summed E-state index contributed by atoms with van der Waals surface area (Å²) in [7, 11) is 0.